The number of rotatable bonds is 5. The summed E-state index contributed by atoms with van der Waals surface area (Å²) in [6, 6.07) is 1.00. The minimum absolute atomic E-state index is 0.153. The number of hydrogen-bond donors (Lipinski definition) is 0. The minimum Gasteiger partial charge on any atom is -0.334 e. The highest BCUT2D eigenvalue weighted by Crippen LogP contribution is 2.31. The number of hydrogen-bond acceptors (Lipinski definition) is 2. The van der Waals surface area contributed by atoms with E-state index in [9.17, 15) is 4.79 Å². The summed E-state index contributed by atoms with van der Waals surface area (Å²) in [6.45, 7) is 9.75. The van der Waals surface area contributed by atoms with E-state index in [1.165, 1.54) is 38.6 Å². The molecule has 2 unspecified atom stereocenters. The van der Waals surface area contributed by atoms with E-state index in [0.717, 1.165) is 13.1 Å². The number of amides is 1. The van der Waals surface area contributed by atoms with Gasteiger partial charge in [-0.1, -0.05) is 33.6 Å². The molecule has 2 aliphatic rings. The quantitative estimate of drug-likeness (QED) is 0.702. The van der Waals surface area contributed by atoms with Gasteiger partial charge in [-0.2, -0.15) is 0 Å². The second kappa shape index (κ2) is 6.05. The number of unbranched alkanes of at least 4 members (excludes halogenated alkanes) is 2. The first-order valence-electron chi connectivity index (χ1n) is 7.68. The van der Waals surface area contributed by atoms with Crippen LogP contribution >= 0.6 is 0 Å². The standard InChI is InChI=1S/C15H28N2O/c1-4-5-6-9-16-10-13-7-8-14(11-16)17(13)15(18)12(2)3/h12-14H,4-11H2,1-3H3. The van der Waals surface area contributed by atoms with Crippen molar-refractivity contribution in [3.8, 4) is 0 Å². The molecular weight excluding hydrogens is 224 g/mol. The summed E-state index contributed by atoms with van der Waals surface area (Å²) in [7, 11) is 0. The highest BCUT2D eigenvalue weighted by Gasteiger charge is 2.42. The summed E-state index contributed by atoms with van der Waals surface area (Å²) in [4.78, 5) is 17.0. The molecule has 104 valence electrons. The third-order valence-corrected chi connectivity index (χ3v) is 4.38. The zero-order chi connectivity index (χ0) is 13.1. The lowest BCUT2D eigenvalue weighted by Crippen LogP contribution is -2.56. The molecule has 2 bridgehead atoms. The summed E-state index contributed by atoms with van der Waals surface area (Å²) in [5.74, 6) is 0.524. The molecule has 2 heterocycles. The third kappa shape index (κ3) is 2.87. The number of fused-ring (bicyclic) bond motifs is 2. The first kappa shape index (κ1) is 13.9. The largest absolute Gasteiger partial charge is 0.334 e. The van der Waals surface area contributed by atoms with Gasteiger partial charge in [0.15, 0.2) is 0 Å². The maximum atomic E-state index is 12.2. The second-order valence-electron chi connectivity index (χ2n) is 6.25. The Morgan fingerprint density at radius 3 is 2.28 bits per heavy atom. The van der Waals surface area contributed by atoms with Crippen LogP contribution in [0.25, 0.3) is 0 Å². The van der Waals surface area contributed by atoms with Crippen LogP contribution in [0.4, 0.5) is 0 Å². The third-order valence-electron chi connectivity index (χ3n) is 4.38. The van der Waals surface area contributed by atoms with E-state index in [4.69, 9.17) is 0 Å². The van der Waals surface area contributed by atoms with Crippen molar-refractivity contribution in [2.24, 2.45) is 5.92 Å². The van der Waals surface area contributed by atoms with Crippen molar-refractivity contribution in [2.45, 2.75) is 65.0 Å². The summed E-state index contributed by atoms with van der Waals surface area (Å²) in [5.41, 5.74) is 0. The predicted octanol–water partition coefficient (Wildman–Crippen LogP) is 2.51. The molecule has 0 spiro atoms. The average molecular weight is 252 g/mol. The number of piperazine rings is 1. The molecule has 18 heavy (non-hydrogen) atoms. The second-order valence-corrected chi connectivity index (χ2v) is 6.25. The summed E-state index contributed by atoms with van der Waals surface area (Å²) < 4.78 is 0. The van der Waals surface area contributed by atoms with E-state index in [1.54, 1.807) is 0 Å². The van der Waals surface area contributed by atoms with E-state index in [2.05, 4.69) is 16.7 Å². The van der Waals surface area contributed by atoms with Crippen LogP contribution in [-0.4, -0.2) is 47.4 Å². The van der Waals surface area contributed by atoms with Crippen molar-refractivity contribution >= 4 is 5.91 Å². The zero-order valence-corrected chi connectivity index (χ0v) is 12.2. The van der Waals surface area contributed by atoms with Crippen LogP contribution < -0.4 is 0 Å². The van der Waals surface area contributed by atoms with E-state index in [-0.39, 0.29) is 5.92 Å². The lowest BCUT2D eigenvalue weighted by molar-refractivity contribution is -0.140. The Morgan fingerprint density at radius 1 is 1.17 bits per heavy atom. The van der Waals surface area contributed by atoms with Crippen LogP contribution in [0.2, 0.25) is 0 Å². The van der Waals surface area contributed by atoms with Crippen LogP contribution in [0.3, 0.4) is 0 Å². The molecule has 2 rings (SSSR count). The predicted molar refractivity (Wildman–Crippen MR) is 74.5 cm³/mol. The fourth-order valence-corrected chi connectivity index (χ4v) is 3.42. The normalized spacial score (nSPS) is 28.1. The summed E-state index contributed by atoms with van der Waals surface area (Å²) >= 11 is 0. The molecule has 0 aromatic carbocycles. The van der Waals surface area contributed by atoms with Crippen LogP contribution in [0.5, 0.6) is 0 Å². The molecule has 0 aromatic rings. The van der Waals surface area contributed by atoms with Gasteiger partial charge in [0.1, 0.15) is 0 Å². The summed E-state index contributed by atoms with van der Waals surface area (Å²) in [5, 5.41) is 0. The van der Waals surface area contributed by atoms with Gasteiger partial charge >= 0.3 is 0 Å². The molecule has 3 heteroatoms. The Hall–Kier alpha value is -0.570. The molecular formula is C15H28N2O. The topological polar surface area (TPSA) is 23.6 Å². The molecule has 0 N–H and O–H groups in total. The number of likely N-dealkylation sites (tertiary alicyclic amines) is 1. The molecule has 0 radical (unpaired) electrons. The Balaban J connectivity index is 1.89. The van der Waals surface area contributed by atoms with Gasteiger partial charge < -0.3 is 4.90 Å². The monoisotopic (exact) mass is 252 g/mol. The molecule has 2 atom stereocenters. The lowest BCUT2D eigenvalue weighted by Gasteiger charge is -2.42. The molecule has 1 amide bonds. The van der Waals surface area contributed by atoms with Crippen LogP contribution in [0.15, 0.2) is 0 Å². The van der Waals surface area contributed by atoms with Crippen LogP contribution in [-0.2, 0) is 4.79 Å². The van der Waals surface area contributed by atoms with Gasteiger partial charge in [-0.25, -0.2) is 0 Å². The Labute approximate surface area is 112 Å². The first-order chi connectivity index (χ1) is 8.63. The van der Waals surface area contributed by atoms with Gasteiger partial charge in [0.2, 0.25) is 5.91 Å². The van der Waals surface area contributed by atoms with Gasteiger partial charge in [0.05, 0.1) is 0 Å². The Kier molecular flexibility index (Phi) is 4.66. The maximum absolute atomic E-state index is 12.2. The van der Waals surface area contributed by atoms with Crippen LogP contribution in [0.1, 0.15) is 52.9 Å². The van der Waals surface area contributed by atoms with Gasteiger partial charge in [-0.15, -0.1) is 0 Å². The van der Waals surface area contributed by atoms with E-state index in [0.29, 0.717) is 18.0 Å². The van der Waals surface area contributed by atoms with Gasteiger partial charge in [0, 0.05) is 31.1 Å². The molecule has 2 aliphatic heterocycles. The van der Waals surface area contributed by atoms with Gasteiger partial charge in [-0.3, -0.25) is 9.69 Å². The molecule has 0 aliphatic carbocycles. The Bertz CT molecular complexity index is 276. The Morgan fingerprint density at radius 2 is 1.78 bits per heavy atom. The van der Waals surface area contributed by atoms with Crippen molar-refractivity contribution in [3.05, 3.63) is 0 Å². The van der Waals surface area contributed by atoms with E-state index in [1.807, 2.05) is 13.8 Å². The number of nitrogens with zero attached hydrogens (tertiary/aromatic N) is 2. The van der Waals surface area contributed by atoms with Crippen molar-refractivity contribution in [3.63, 3.8) is 0 Å². The van der Waals surface area contributed by atoms with Crippen molar-refractivity contribution < 1.29 is 4.79 Å². The molecule has 0 saturated carbocycles. The molecule has 3 nitrogen and oxygen atoms in total. The highest BCUT2D eigenvalue weighted by molar-refractivity contribution is 5.79. The average Bonchev–Trinajstić information content (AvgIpc) is 2.60. The van der Waals surface area contributed by atoms with Gasteiger partial charge in [0.25, 0.3) is 0 Å². The zero-order valence-electron chi connectivity index (χ0n) is 12.2. The van der Waals surface area contributed by atoms with Crippen molar-refractivity contribution in [2.75, 3.05) is 19.6 Å². The maximum Gasteiger partial charge on any atom is 0.225 e. The smallest absolute Gasteiger partial charge is 0.225 e. The van der Waals surface area contributed by atoms with E-state index < -0.39 is 0 Å². The molecule has 0 aromatic heterocycles. The van der Waals surface area contributed by atoms with Gasteiger partial charge in [-0.05, 0) is 25.8 Å². The number of carbonyl (C=O) groups is 1. The fraction of sp³-hybridized carbons (Fsp3) is 0.933. The minimum atomic E-state index is 0.153. The van der Waals surface area contributed by atoms with E-state index >= 15 is 0 Å². The van der Waals surface area contributed by atoms with Crippen molar-refractivity contribution in [1.82, 2.24) is 9.80 Å². The highest BCUT2D eigenvalue weighted by atomic mass is 16.2. The molecule has 2 fully saturated rings. The molecule has 2 saturated heterocycles. The lowest BCUT2D eigenvalue weighted by atomic mass is 10.1. The SMILES string of the molecule is CCCCCN1CC2CCC(C1)N2C(=O)C(C)C. The van der Waals surface area contributed by atoms with Crippen LogP contribution in [0, 0.1) is 5.92 Å². The summed E-state index contributed by atoms with van der Waals surface area (Å²) in [6.07, 6.45) is 6.37. The fourth-order valence-electron chi connectivity index (χ4n) is 3.42. The first-order valence-corrected chi connectivity index (χ1v) is 7.68. The number of carbonyl (C=O) groups excluding carboxylic acids is 1. The van der Waals surface area contributed by atoms with Crippen molar-refractivity contribution in [1.29, 1.82) is 0 Å².